The molecule has 0 aromatic carbocycles. The number of carboxylic acids is 1. The quantitative estimate of drug-likeness (QED) is 0.0228. The van der Waals surface area contributed by atoms with Crippen LogP contribution in [-0.2, 0) is 42.9 Å². The molecule has 0 bridgehead atoms. The number of carbonyl (C=O) groups excluding carboxylic acids is 3. The number of aliphatic carboxylic acids is 1. The molecule has 1 fully saturated rings. The molecule has 1 heterocycles. The molecule has 0 aromatic heterocycles. The Morgan fingerprint density at radius 1 is 0.418 bits per heavy atom. The van der Waals surface area contributed by atoms with E-state index in [1.807, 2.05) is 0 Å². The maximum Gasteiger partial charge on any atom is 0.335 e. The van der Waals surface area contributed by atoms with Crippen molar-refractivity contribution in [3.63, 3.8) is 0 Å². The van der Waals surface area contributed by atoms with Gasteiger partial charge in [-0.1, -0.05) is 230 Å². The normalized spacial score (nSPS) is 18.1. The molecule has 6 unspecified atom stereocenters. The predicted octanol–water partition coefficient (Wildman–Crippen LogP) is 17.3. The van der Waals surface area contributed by atoms with Crippen LogP contribution in [0.5, 0.6) is 0 Å². The molecule has 0 radical (unpaired) electrons. The molecule has 1 rings (SSSR count). The maximum absolute atomic E-state index is 13.2. The van der Waals surface area contributed by atoms with Crippen LogP contribution in [0.1, 0.15) is 303 Å². The van der Waals surface area contributed by atoms with Gasteiger partial charge in [0, 0.05) is 19.3 Å². The van der Waals surface area contributed by atoms with Crippen molar-refractivity contribution in [2.24, 2.45) is 0 Å². The highest BCUT2D eigenvalue weighted by atomic mass is 16.7. The van der Waals surface area contributed by atoms with Gasteiger partial charge in [0.2, 0.25) is 0 Å². The van der Waals surface area contributed by atoms with E-state index in [2.05, 4.69) is 69.4 Å². The van der Waals surface area contributed by atoms with Crippen LogP contribution < -0.4 is 0 Å². The Hall–Kier alpha value is -3.32. The molecular weight excluding hydrogens is 997 g/mol. The highest BCUT2D eigenvalue weighted by Crippen LogP contribution is 2.27. The minimum absolute atomic E-state index is 0.0450. The van der Waals surface area contributed by atoms with Crippen LogP contribution in [-0.4, -0.2) is 89.2 Å². The lowest BCUT2D eigenvalue weighted by molar-refractivity contribution is -0.301. The Balaban J connectivity index is 2.67. The second-order valence-electron chi connectivity index (χ2n) is 22.4. The second kappa shape index (κ2) is 55.2. The van der Waals surface area contributed by atoms with Crippen LogP contribution in [0.15, 0.2) is 48.6 Å². The van der Waals surface area contributed by atoms with E-state index in [1.54, 1.807) is 0 Å². The number of unbranched alkanes of at least 4 members (excludes halogenated alkanes) is 34. The SMILES string of the molecule is CCCCC/C=C\C/C=C\CCCCCCCC(=O)OC1C(OCC(COC(=O)CCCCCCCCC/C=C\CCCCCCCC)OC(=O)CCCCCCCCC/C=C\CCCCCCCC)OC(C(=O)O)C(O)C1O. The molecule has 0 spiro atoms. The monoisotopic (exact) mass is 1110 g/mol. The Labute approximate surface area is 482 Å². The van der Waals surface area contributed by atoms with Gasteiger partial charge in [0.1, 0.15) is 18.8 Å². The summed E-state index contributed by atoms with van der Waals surface area (Å²) >= 11 is 0. The molecule has 6 atom stereocenters. The molecule has 0 aliphatic carbocycles. The molecule has 12 heteroatoms. The minimum atomic E-state index is -1.91. The number of hydrogen-bond acceptors (Lipinski definition) is 11. The van der Waals surface area contributed by atoms with E-state index in [4.69, 9.17) is 23.7 Å². The van der Waals surface area contributed by atoms with E-state index in [9.17, 15) is 34.5 Å². The summed E-state index contributed by atoms with van der Waals surface area (Å²) in [5.74, 6) is -3.13. The molecule has 1 saturated heterocycles. The first-order chi connectivity index (χ1) is 38.6. The summed E-state index contributed by atoms with van der Waals surface area (Å²) in [6, 6.07) is 0. The molecular formula is C67H118O12. The fourth-order valence-corrected chi connectivity index (χ4v) is 9.80. The van der Waals surface area contributed by atoms with E-state index >= 15 is 0 Å². The van der Waals surface area contributed by atoms with Crippen molar-refractivity contribution in [1.29, 1.82) is 0 Å². The Morgan fingerprint density at radius 3 is 1.18 bits per heavy atom. The van der Waals surface area contributed by atoms with Crippen LogP contribution in [0.4, 0.5) is 0 Å². The first kappa shape index (κ1) is 73.7. The van der Waals surface area contributed by atoms with Crippen molar-refractivity contribution in [2.45, 2.75) is 340 Å². The standard InChI is InChI=1S/C67H118O12/c1-4-7-10-13-16-19-22-25-28-30-33-35-38-41-44-47-50-53-59(68)75-56-58(77-60(69)54-51-48-45-42-39-37-34-31-29-26-23-20-17-14-11-8-5-2)57-76-67-65(63(72)62(71)64(79-67)66(73)74)78-61(70)55-52-49-46-43-40-36-32-27-24-21-18-15-12-9-6-3/h18,21,25-29,32,58,62-65,67,71-72H,4-17,19-20,22-24,30-31,33-57H2,1-3H3,(H,73,74)/b21-18-,28-25-,29-26-,32-27-. The lowest BCUT2D eigenvalue weighted by atomic mass is 9.98. The van der Waals surface area contributed by atoms with Crippen molar-refractivity contribution in [1.82, 2.24) is 0 Å². The number of allylic oxidation sites excluding steroid dienone is 8. The zero-order chi connectivity index (χ0) is 57.5. The van der Waals surface area contributed by atoms with Crippen LogP contribution in [0.2, 0.25) is 0 Å². The van der Waals surface area contributed by atoms with Gasteiger partial charge in [-0.25, -0.2) is 4.79 Å². The van der Waals surface area contributed by atoms with Gasteiger partial charge in [-0.2, -0.15) is 0 Å². The van der Waals surface area contributed by atoms with Gasteiger partial charge in [-0.05, 0) is 103 Å². The first-order valence-corrected chi connectivity index (χ1v) is 32.6. The van der Waals surface area contributed by atoms with Crippen molar-refractivity contribution in [2.75, 3.05) is 13.2 Å². The smallest absolute Gasteiger partial charge is 0.335 e. The van der Waals surface area contributed by atoms with Crippen molar-refractivity contribution < 1.29 is 58.2 Å². The lowest BCUT2D eigenvalue weighted by Gasteiger charge is -2.40. The number of hydrogen-bond donors (Lipinski definition) is 3. The molecule has 0 saturated carbocycles. The summed E-state index contributed by atoms with van der Waals surface area (Å²) < 4.78 is 28.5. The topological polar surface area (TPSA) is 175 Å². The van der Waals surface area contributed by atoms with Gasteiger partial charge in [-0.3, -0.25) is 14.4 Å². The van der Waals surface area contributed by atoms with E-state index in [0.29, 0.717) is 19.3 Å². The van der Waals surface area contributed by atoms with E-state index < -0.39 is 67.3 Å². The van der Waals surface area contributed by atoms with Gasteiger partial charge in [0.25, 0.3) is 0 Å². The van der Waals surface area contributed by atoms with Gasteiger partial charge in [0.05, 0.1) is 6.61 Å². The van der Waals surface area contributed by atoms with E-state index in [0.717, 1.165) is 103 Å². The molecule has 1 aliphatic heterocycles. The Morgan fingerprint density at radius 2 is 0.759 bits per heavy atom. The molecule has 1 aliphatic rings. The minimum Gasteiger partial charge on any atom is -0.479 e. The molecule has 3 N–H and O–H groups in total. The maximum atomic E-state index is 13.2. The van der Waals surface area contributed by atoms with Crippen LogP contribution in [0.3, 0.4) is 0 Å². The highest BCUT2D eigenvalue weighted by Gasteiger charge is 2.50. The van der Waals surface area contributed by atoms with Crippen molar-refractivity contribution in [3.05, 3.63) is 48.6 Å². The number of aliphatic hydroxyl groups is 2. The average molecular weight is 1120 g/mol. The number of carboxylic acid groups (broad SMARTS) is 1. The summed E-state index contributed by atoms with van der Waals surface area (Å²) in [5, 5.41) is 31.6. The number of carbonyl (C=O) groups is 4. The number of rotatable bonds is 56. The fraction of sp³-hybridized carbons (Fsp3) is 0.821. The summed E-state index contributed by atoms with van der Waals surface area (Å²) in [7, 11) is 0. The summed E-state index contributed by atoms with van der Waals surface area (Å²) in [6.45, 7) is 5.98. The fourth-order valence-electron chi connectivity index (χ4n) is 9.80. The Bertz CT molecular complexity index is 1560. The summed E-state index contributed by atoms with van der Waals surface area (Å²) in [6.07, 6.45) is 54.9. The molecule has 0 aromatic rings. The van der Waals surface area contributed by atoms with Crippen molar-refractivity contribution in [3.8, 4) is 0 Å². The third-order valence-corrected chi connectivity index (χ3v) is 14.8. The van der Waals surface area contributed by atoms with Crippen molar-refractivity contribution >= 4 is 23.9 Å². The second-order valence-corrected chi connectivity index (χ2v) is 22.4. The van der Waals surface area contributed by atoms with Crippen LogP contribution >= 0.6 is 0 Å². The summed E-state index contributed by atoms with van der Waals surface area (Å²) in [4.78, 5) is 51.3. The van der Waals surface area contributed by atoms with Gasteiger partial charge in [-0.15, -0.1) is 0 Å². The van der Waals surface area contributed by atoms with Crippen LogP contribution in [0.25, 0.3) is 0 Å². The van der Waals surface area contributed by atoms with Gasteiger partial charge >= 0.3 is 23.9 Å². The summed E-state index contributed by atoms with van der Waals surface area (Å²) in [5.41, 5.74) is 0. The zero-order valence-corrected chi connectivity index (χ0v) is 50.6. The first-order valence-electron chi connectivity index (χ1n) is 32.6. The largest absolute Gasteiger partial charge is 0.479 e. The average Bonchev–Trinajstić information content (AvgIpc) is 3.43. The predicted molar refractivity (Wildman–Crippen MR) is 322 cm³/mol. The number of esters is 3. The number of aliphatic hydroxyl groups excluding tert-OH is 2. The molecule has 0 amide bonds. The Kier molecular flexibility index (Phi) is 51.5. The molecule has 12 nitrogen and oxygen atoms in total. The third kappa shape index (κ3) is 45.0. The lowest BCUT2D eigenvalue weighted by Crippen LogP contribution is -2.61. The van der Waals surface area contributed by atoms with E-state index in [-0.39, 0.29) is 25.9 Å². The highest BCUT2D eigenvalue weighted by molar-refractivity contribution is 5.74. The molecule has 79 heavy (non-hydrogen) atoms. The molecule has 458 valence electrons. The van der Waals surface area contributed by atoms with Gasteiger partial charge in [0.15, 0.2) is 24.6 Å². The van der Waals surface area contributed by atoms with E-state index in [1.165, 1.54) is 141 Å². The third-order valence-electron chi connectivity index (χ3n) is 14.8. The van der Waals surface area contributed by atoms with Crippen LogP contribution in [0, 0.1) is 0 Å². The number of ether oxygens (including phenoxy) is 5. The zero-order valence-electron chi connectivity index (χ0n) is 50.6. The van der Waals surface area contributed by atoms with Gasteiger partial charge < -0.3 is 39.0 Å².